The van der Waals surface area contributed by atoms with E-state index in [2.05, 4.69) is 0 Å². The predicted octanol–water partition coefficient (Wildman–Crippen LogP) is 6.30. The van der Waals surface area contributed by atoms with Crippen molar-refractivity contribution in [3.8, 4) is 0 Å². The van der Waals surface area contributed by atoms with Crippen LogP contribution >= 0.6 is 11.8 Å². The van der Waals surface area contributed by atoms with E-state index in [1.165, 1.54) is 0 Å². The fraction of sp³-hybridized carbons (Fsp3) is 0.500. The number of unbranched alkanes of at least 4 members (excludes halogenated alkanes) is 5. The summed E-state index contributed by atoms with van der Waals surface area (Å²) in [4.78, 5) is 13.9. The fourth-order valence-corrected chi connectivity index (χ4v) is 6.48. The Morgan fingerprint density at radius 2 is 1.61 bits per heavy atom. The van der Waals surface area contributed by atoms with Gasteiger partial charge in [0.05, 0.1) is 11.5 Å². The lowest BCUT2D eigenvalue weighted by Crippen LogP contribution is -2.30. The zero-order chi connectivity index (χ0) is 23.7. The van der Waals surface area contributed by atoms with E-state index in [0.717, 1.165) is 55.4 Å². The maximum absolute atomic E-state index is 12.6. The number of benzene rings is 2. The van der Waals surface area contributed by atoms with Gasteiger partial charge in [0.15, 0.2) is 0 Å². The molecule has 0 bridgehead atoms. The standard InChI is InChI=1S/C26H34O5S2/c1-21-14-16-24(17-15-21)33(28,29)30-19-11-6-4-3-5-10-18-26(20-22(2)31-25(26)27)32-23-12-8-7-9-13-23/h7-9,12-17,22H,3-6,10-11,18-20H2,1-2H3/t22-,26+/m0/s1. The van der Waals surface area contributed by atoms with Gasteiger partial charge in [0, 0.05) is 11.3 Å². The van der Waals surface area contributed by atoms with Crippen LogP contribution in [0.5, 0.6) is 0 Å². The van der Waals surface area contributed by atoms with E-state index in [-0.39, 0.29) is 23.6 Å². The topological polar surface area (TPSA) is 69.7 Å². The van der Waals surface area contributed by atoms with Crippen LogP contribution in [-0.2, 0) is 23.8 Å². The van der Waals surface area contributed by atoms with E-state index in [1.807, 2.05) is 44.2 Å². The van der Waals surface area contributed by atoms with Crippen molar-refractivity contribution in [2.75, 3.05) is 6.61 Å². The number of aryl methyl sites for hydroxylation is 1. The molecule has 0 spiro atoms. The van der Waals surface area contributed by atoms with Crippen LogP contribution in [0.4, 0.5) is 0 Å². The third-order valence-corrected chi connectivity index (χ3v) is 8.64. The molecule has 2 aromatic rings. The van der Waals surface area contributed by atoms with Gasteiger partial charge in [0.2, 0.25) is 0 Å². The molecule has 1 aliphatic heterocycles. The normalized spacial score (nSPS) is 20.7. The molecule has 1 fully saturated rings. The van der Waals surface area contributed by atoms with E-state index in [1.54, 1.807) is 36.0 Å². The van der Waals surface area contributed by atoms with Crippen LogP contribution in [0.15, 0.2) is 64.4 Å². The first-order valence-corrected chi connectivity index (χ1v) is 13.9. The van der Waals surface area contributed by atoms with Gasteiger partial charge in [-0.15, -0.1) is 11.8 Å². The minimum atomic E-state index is -3.68. The Hall–Kier alpha value is -1.83. The van der Waals surface area contributed by atoms with Gasteiger partial charge in [-0.05, 0) is 51.0 Å². The Balaban J connectivity index is 1.34. The number of carbonyl (C=O) groups excluding carboxylic acids is 1. The molecule has 0 saturated carbocycles. The maximum Gasteiger partial charge on any atom is 0.322 e. The maximum atomic E-state index is 12.6. The lowest BCUT2D eigenvalue weighted by molar-refractivity contribution is -0.142. The quantitative estimate of drug-likeness (QED) is 0.186. The van der Waals surface area contributed by atoms with E-state index < -0.39 is 14.9 Å². The van der Waals surface area contributed by atoms with Crippen LogP contribution in [0, 0.1) is 6.92 Å². The molecule has 7 heteroatoms. The fourth-order valence-electron chi connectivity index (χ4n) is 4.09. The van der Waals surface area contributed by atoms with Crippen LogP contribution in [-0.4, -0.2) is 31.8 Å². The second-order valence-corrected chi connectivity index (χ2v) is 11.9. The molecule has 180 valence electrons. The van der Waals surface area contributed by atoms with Crippen molar-refractivity contribution in [1.29, 1.82) is 0 Å². The Bertz CT molecular complexity index is 989. The first-order valence-electron chi connectivity index (χ1n) is 11.7. The summed E-state index contributed by atoms with van der Waals surface area (Å²) in [6, 6.07) is 16.8. The summed E-state index contributed by atoms with van der Waals surface area (Å²) in [5, 5.41) is 0. The third kappa shape index (κ3) is 7.59. The highest BCUT2D eigenvalue weighted by Gasteiger charge is 2.48. The molecule has 3 rings (SSSR count). The Labute approximate surface area is 202 Å². The highest BCUT2D eigenvalue weighted by molar-refractivity contribution is 8.01. The molecule has 1 saturated heterocycles. The molecule has 2 aromatic carbocycles. The summed E-state index contributed by atoms with van der Waals surface area (Å²) in [5.41, 5.74) is 1.01. The minimum absolute atomic E-state index is 0.0371. The van der Waals surface area contributed by atoms with Crippen molar-refractivity contribution >= 4 is 27.8 Å². The monoisotopic (exact) mass is 490 g/mol. The Kier molecular flexibility index (Phi) is 9.41. The SMILES string of the molecule is Cc1ccc(S(=O)(=O)OCCCCCCCC[C@@]2(Sc3ccccc3)C[C@H](C)OC2=O)cc1. The van der Waals surface area contributed by atoms with Crippen molar-refractivity contribution in [3.05, 3.63) is 60.2 Å². The Morgan fingerprint density at radius 1 is 0.970 bits per heavy atom. The van der Waals surface area contributed by atoms with Crippen molar-refractivity contribution < 1.29 is 22.1 Å². The largest absolute Gasteiger partial charge is 0.462 e. The summed E-state index contributed by atoms with van der Waals surface area (Å²) in [6.07, 6.45) is 7.25. The number of hydrogen-bond acceptors (Lipinski definition) is 6. The Morgan fingerprint density at radius 3 is 2.24 bits per heavy atom. The molecule has 0 radical (unpaired) electrons. The minimum Gasteiger partial charge on any atom is -0.462 e. The molecule has 5 nitrogen and oxygen atoms in total. The average molecular weight is 491 g/mol. The van der Waals surface area contributed by atoms with Crippen molar-refractivity contribution in [3.63, 3.8) is 0 Å². The van der Waals surface area contributed by atoms with E-state index in [4.69, 9.17) is 8.92 Å². The van der Waals surface area contributed by atoms with Gasteiger partial charge in [-0.25, -0.2) is 0 Å². The second-order valence-electron chi connectivity index (χ2n) is 8.79. The van der Waals surface area contributed by atoms with Gasteiger partial charge in [0.1, 0.15) is 10.9 Å². The highest BCUT2D eigenvalue weighted by Crippen LogP contribution is 2.45. The van der Waals surface area contributed by atoms with Gasteiger partial charge >= 0.3 is 5.97 Å². The predicted molar refractivity (Wildman–Crippen MR) is 132 cm³/mol. The first kappa shape index (κ1) is 25.8. The van der Waals surface area contributed by atoms with Gasteiger partial charge < -0.3 is 4.74 Å². The number of esters is 1. The van der Waals surface area contributed by atoms with E-state index in [0.29, 0.717) is 6.42 Å². The van der Waals surface area contributed by atoms with Crippen molar-refractivity contribution in [2.45, 2.75) is 85.9 Å². The second kappa shape index (κ2) is 12.0. The molecule has 0 aliphatic carbocycles. The molecule has 0 N–H and O–H groups in total. The highest BCUT2D eigenvalue weighted by atomic mass is 32.2. The number of hydrogen-bond donors (Lipinski definition) is 0. The first-order chi connectivity index (χ1) is 15.8. The van der Waals surface area contributed by atoms with E-state index >= 15 is 0 Å². The van der Waals surface area contributed by atoms with Gasteiger partial charge in [-0.3, -0.25) is 8.98 Å². The molecule has 1 aliphatic rings. The lowest BCUT2D eigenvalue weighted by Gasteiger charge is -2.24. The number of ether oxygens (including phenoxy) is 1. The van der Waals surface area contributed by atoms with Crippen LogP contribution in [0.25, 0.3) is 0 Å². The third-order valence-electron chi connectivity index (χ3n) is 5.88. The zero-order valence-electron chi connectivity index (χ0n) is 19.5. The summed E-state index contributed by atoms with van der Waals surface area (Å²) < 4.78 is 34.6. The van der Waals surface area contributed by atoms with Gasteiger partial charge in [0.25, 0.3) is 10.1 Å². The molecule has 2 atom stereocenters. The summed E-state index contributed by atoms with van der Waals surface area (Å²) >= 11 is 1.64. The van der Waals surface area contributed by atoms with Crippen molar-refractivity contribution in [2.24, 2.45) is 0 Å². The lowest BCUT2D eigenvalue weighted by atomic mass is 9.96. The van der Waals surface area contributed by atoms with Crippen molar-refractivity contribution in [1.82, 2.24) is 0 Å². The smallest absolute Gasteiger partial charge is 0.322 e. The molecular weight excluding hydrogens is 456 g/mol. The van der Waals surface area contributed by atoms with Crippen LogP contribution in [0.1, 0.15) is 63.9 Å². The molecular formula is C26H34O5S2. The number of thioether (sulfide) groups is 1. The zero-order valence-corrected chi connectivity index (χ0v) is 21.1. The average Bonchev–Trinajstić information content (AvgIpc) is 3.06. The number of cyclic esters (lactones) is 1. The molecule has 33 heavy (non-hydrogen) atoms. The summed E-state index contributed by atoms with van der Waals surface area (Å²) in [5.74, 6) is -0.0872. The van der Waals surface area contributed by atoms with Crippen LogP contribution in [0.3, 0.4) is 0 Å². The van der Waals surface area contributed by atoms with Crippen LogP contribution < -0.4 is 0 Å². The summed E-state index contributed by atoms with van der Waals surface area (Å²) in [6.45, 7) is 4.09. The number of rotatable bonds is 13. The molecule has 0 aromatic heterocycles. The van der Waals surface area contributed by atoms with E-state index in [9.17, 15) is 13.2 Å². The molecule has 1 heterocycles. The molecule has 0 unspecified atom stereocenters. The van der Waals surface area contributed by atoms with Gasteiger partial charge in [-0.1, -0.05) is 68.0 Å². The van der Waals surface area contributed by atoms with Crippen LogP contribution in [0.2, 0.25) is 0 Å². The van der Waals surface area contributed by atoms with Gasteiger partial charge in [-0.2, -0.15) is 8.42 Å². The molecule has 0 amide bonds. The number of carbonyl (C=O) groups is 1. The summed E-state index contributed by atoms with van der Waals surface area (Å²) in [7, 11) is -3.68.